The standard InChI is InChI=1S/C9H13ClFN3O2/c1-15-4-5-16-3-2-12-8-7(11)6-13-9(10)14-8/h6H,2-5H2,1H3,(H,12,13,14). The van der Waals surface area contributed by atoms with E-state index in [0.29, 0.717) is 26.4 Å². The molecule has 0 saturated carbocycles. The predicted molar refractivity (Wildman–Crippen MR) is 58.2 cm³/mol. The van der Waals surface area contributed by atoms with E-state index in [1.54, 1.807) is 7.11 Å². The Labute approximate surface area is 97.9 Å². The highest BCUT2D eigenvalue weighted by molar-refractivity contribution is 6.28. The van der Waals surface area contributed by atoms with Gasteiger partial charge in [0.05, 0.1) is 26.0 Å². The maximum absolute atomic E-state index is 13.1. The molecule has 0 fully saturated rings. The van der Waals surface area contributed by atoms with Crippen LogP contribution >= 0.6 is 11.6 Å². The highest BCUT2D eigenvalue weighted by Gasteiger charge is 2.04. The molecule has 7 heteroatoms. The Morgan fingerprint density at radius 1 is 1.44 bits per heavy atom. The lowest BCUT2D eigenvalue weighted by atomic mass is 10.5. The fourth-order valence-corrected chi connectivity index (χ4v) is 1.09. The summed E-state index contributed by atoms with van der Waals surface area (Å²) in [6.45, 7) is 1.91. The van der Waals surface area contributed by atoms with Crippen molar-refractivity contribution in [1.82, 2.24) is 9.97 Å². The van der Waals surface area contributed by atoms with Gasteiger partial charge in [0.1, 0.15) is 0 Å². The van der Waals surface area contributed by atoms with E-state index in [1.807, 2.05) is 0 Å². The predicted octanol–water partition coefficient (Wildman–Crippen LogP) is 1.34. The molecule has 0 radical (unpaired) electrons. The molecule has 1 aromatic heterocycles. The first-order chi connectivity index (χ1) is 7.74. The van der Waals surface area contributed by atoms with Crippen LogP contribution in [0.5, 0.6) is 0 Å². The van der Waals surface area contributed by atoms with E-state index < -0.39 is 5.82 Å². The summed E-state index contributed by atoms with van der Waals surface area (Å²) in [4.78, 5) is 7.19. The highest BCUT2D eigenvalue weighted by Crippen LogP contribution is 2.11. The zero-order valence-corrected chi connectivity index (χ0v) is 9.63. The Hall–Kier alpha value is -0.980. The lowest BCUT2D eigenvalue weighted by Crippen LogP contribution is -2.13. The summed E-state index contributed by atoms with van der Waals surface area (Å²) in [5.41, 5.74) is 0. The number of halogens is 2. The van der Waals surface area contributed by atoms with Crippen molar-refractivity contribution < 1.29 is 13.9 Å². The Balaban J connectivity index is 2.23. The molecule has 0 aliphatic rings. The van der Waals surface area contributed by atoms with Crippen LogP contribution in [0.4, 0.5) is 10.2 Å². The second-order valence-corrected chi connectivity index (χ2v) is 3.21. The monoisotopic (exact) mass is 249 g/mol. The summed E-state index contributed by atoms with van der Waals surface area (Å²) in [5.74, 6) is -0.461. The molecule has 90 valence electrons. The first kappa shape index (κ1) is 13.1. The smallest absolute Gasteiger partial charge is 0.224 e. The van der Waals surface area contributed by atoms with Crippen LogP contribution in [0.2, 0.25) is 5.28 Å². The van der Waals surface area contributed by atoms with E-state index in [0.717, 1.165) is 6.20 Å². The van der Waals surface area contributed by atoms with Gasteiger partial charge in [-0.25, -0.2) is 9.37 Å². The number of nitrogens with one attached hydrogen (secondary N) is 1. The first-order valence-corrected chi connectivity index (χ1v) is 5.10. The molecule has 0 saturated heterocycles. The normalized spacial score (nSPS) is 10.4. The van der Waals surface area contributed by atoms with Gasteiger partial charge in [-0.2, -0.15) is 4.98 Å². The van der Waals surface area contributed by atoms with Crippen LogP contribution < -0.4 is 5.32 Å². The molecule has 5 nitrogen and oxygen atoms in total. The molecule has 1 aromatic rings. The summed E-state index contributed by atoms with van der Waals surface area (Å²) in [5, 5.41) is 2.76. The van der Waals surface area contributed by atoms with Gasteiger partial charge in [0.15, 0.2) is 11.6 Å². The summed E-state index contributed by atoms with van der Waals surface area (Å²) >= 11 is 5.52. The van der Waals surface area contributed by atoms with Crippen LogP contribution in [0.1, 0.15) is 0 Å². The summed E-state index contributed by atoms with van der Waals surface area (Å²) < 4.78 is 23.1. The van der Waals surface area contributed by atoms with Crippen molar-refractivity contribution in [2.24, 2.45) is 0 Å². The van der Waals surface area contributed by atoms with Gasteiger partial charge in [-0.15, -0.1) is 0 Å². The van der Waals surface area contributed by atoms with Crippen molar-refractivity contribution in [3.63, 3.8) is 0 Å². The Bertz CT molecular complexity index is 328. The zero-order valence-electron chi connectivity index (χ0n) is 8.87. The van der Waals surface area contributed by atoms with Crippen molar-refractivity contribution >= 4 is 17.4 Å². The number of anilines is 1. The largest absolute Gasteiger partial charge is 0.382 e. The van der Waals surface area contributed by atoms with Crippen molar-refractivity contribution in [2.75, 3.05) is 38.8 Å². The number of aromatic nitrogens is 2. The van der Waals surface area contributed by atoms with Crippen LogP contribution in [0, 0.1) is 5.82 Å². The molecule has 0 spiro atoms. The molecule has 16 heavy (non-hydrogen) atoms. The molecule has 0 aromatic carbocycles. The summed E-state index contributed by atoms with van der Waals surface area (Å²) in [6.07, 6.45) is 1.02. The second-order valence-electron chi connectivity index (χ2n) is 2.87. The molecule has 0 unspecified atom stereocenters. The van der Waals surface area contributed by atoms with Crippen LogP contribution in [0.15, 0.2) is 6.20 Å². The van der Waals surface area contributed by atoms with Crippen molar-refractivity contribution in [2.45, 2.75) is 0 Å². The van der Waals surface area contributed by atoms with Crippen LogP contribution in [0.3, 0.4) is 0 Å². The van der Waals surface area contributed by atoms with Gasteiger partial charge in [0, 0.05) is 13.7 Å². The van der Waals surface area contributed by atoms with Gasteiger partial charge in [0.2, 0.25) is 5.28 Å². The van der Waals surface area contributed by atoms with Crippen molar-refractivity contribution in [3.8, 4) is 0 Å². The number of methoxy groups -OCH3 is 1. The summed E-state index contributed by atoms with van der Waals surface area (Å²) in [6, 6.07) is 0. The van der Waals surface area contributed by atoms with Crippen molar-refractivity contribution in [3.05, 3.63) is 17.3 Å². The molecule has 1 N–H and O–H groups in total. The van der Waals surface area contributed by atoms with Crippen molar-refractivity contribution in [1.29, 1.82) is 0 Å². The van der Waals surface area contributed by atoms with Crippen LogP contribution in [-0.2, 0) is 9.47 Å². The third-order valence-electron chi connectivity index (χ3n) is 1.69. The van der Waals surface area contributed by atoms with Crippen LogP contribution in [0.25, 0.3) is 0 Å². The molecule has 0 aliphatic carbocycles. The highest BCUT2D eigenvalue weighted by atomic mass is 35.5. The van der Waals surface area contributed by atoms with Gasteiger partial charge in [-0.05, 0) is 11.6 Å². The maximum atomic E-state index is 13.1. The van der Waals surface area contributed by atoms with Crippen LogP contribution in [-0.4, -0.2) is 43.4 Å². The van der Waals surface area contributed by atoms with Gasteiger partial charge >= 0.3 is 0 Å². The lowest BCUT2D eigenvalue weighted by Gasteiger charge is -2.07. The van der Waals surface area contributed by atoms with E-state index in [9.17, 15) is 4.39 Å². The maximum Gasteiger partial charge on any atom is 0.224 e. The first-order valence-electron chi connectivity index (χ1n) is 4.72. The molecule has 1 rings (SSSR count). The van der Waals surface area contributed by atoms with E-state index in [2.05, 4.69) is 15.3 Å². The van der Waals surface area contributed by atoms with E-state index >= 15 is 0 Å². The number of hydrogen-bond acceptors (Lipinski definition) is 5. The van der Waals surface area contributed by atoms with E-state index in [1.165, 1.54) is 0 Å². The van der Waals surface area contributed by atoms with E-state index in [-0.39, 0.29) is 11.1 Å². The quantitative estimate of drug-likeness (QED) is 0.584. The minimum absolute atomic E-state index is 0.00389. The number of ether oxygens (including phenoxy) is 2. The average Bonchev–Trinajstić information content (AvgIpc) is 2.28. The molecule has 0 bridgehead atoms. The minimum atomic E-state index is -0.540. The molecule has 0 aliphatic heterocycles. The Kier molecular flexibility index (Phi) is 5.99. The molecular weight excluding hydrogens is 237 g/mol. The minimum Gasteiger partial charge on any atom is -0.382 e. The van der Waals surface area contributed by atoms with Gasteiger partial charge < -0.3 is 14.8 Å². The molecular formula is C9H13ClFN3O2. The van der Waals surface area contributed by atoms with Gasteiger partial charge in [-0.1, -0.05) is 0 Å². The average molecular weight is 250 g/mol. The number of nitrogens with zero attached hydrogens (tertiary/aromatic N) is 2. The van der Waals surface area contributed by atoms with E-state index in [4.69, 9.17) is 21.1 Å². The topological polar surface area (TPSA) is 56.3 Å². The third kappa shape index (κ3) is 4.69. The fourth-order valence-electron chi connectivity index (χ4n) is 0.955. The molecule has 1 heterocycles. The molecule has 0 amide bonds. The zero-order chi connectivity index (χ0) is 11.8. The van der Waals surface area contributed by atoms with Gasteiger partial charge in [0.25, 0.3) is 0 Å². The third-order valence-corrected chi connectivity index (χ3v) is 1.87. The second kappa shape index (κ2) is 7.32. The number of hydrogen-bond donors (Lipinski definition) is 1. The SMILES string of the molecule is COCCOCCNc1nc(Cl)ncc1F. The Morgan fingerprint density at radius 3 is 3.00 bits per heavy atom. The summed E-state index contributed by atoms with van der Waals surface area (Å²) in [7, 11) is 1.60. The number of rotatable bonds is 7. The fraction of sp³-hybridized carbons (Fsp3) is 0.556. The Morgan fingerprint density at radius 2 is 2.25 bits per heavy atom. The lowest BCUT2D eigenvalue weighted by molar-refractivity contribution is 0.0759. The molecule has 0 atom stereocenters. The van der Waals surface area contributed by atoms with Gasteiger partial charge in [-0.3, -0.25) is 0 Å².